The highest BCUT2D eigenvalue weighted by Gasteiger charge is 2.23. The lowest BCUT2D eigenvalue weighted by molar-refractivity contribution is 0.239. The third-order valence-corrected chi connectivity index (χ3v) is 4.06. The minimum Gasteiger partial charge on any atom is -0.472 e. The van der Waals surface area contributed by atoms with Crippen LogP contribution in [0.5, 0.6) is 0 Å². The van der Waals surface area contributed by atoms with Crippen LogP contribution in [0, 0.1) is 11.7 Å². The van der Waals surface area contributed by atoms with Gasteiger partial charge in [-0.2, -0.15) is 0 Å². The smallest absolute Gasteiger partial charge is 0.315 e. The molecule has 0 unspecified atom stereocenters. The number of urea groups is 1. The van der Waals surface area contributed by atoms with Crippen molar-refractivity contribution in [2.24, 2.45) is 5.92 Å². The first kappa shape index (κ1) is 15.4. The molecule has 1 aromatic carbocycles. The summed E-state index contributed by atoms with van der Waals surface area (Å²) in [5.74, 6) is 0.181. The van der Waals surface area contributed by atoms with Gasteiger partial charge in [-0.05, 0) is 42.7 Å². The van der Waals surface area contributed by atoms with Crippen molar-refractivity contribution in [2.75, 3.05) is 24.5 Å². The number of rotatable bonds is 5. The minimum absolute atomic E-state index is 0.175. The molecule has 6 heteroatoms. The summed E-state index contributed by atoms with van der Waals surface area (Å²) in [6.45, 7) is 2.88. The van der Waals surface area contributed by atoms with Crippen LogP contribution in [0.25, 0.3) is 0 Å². The van der Waals surface area contributed by atoms with E-state index < -0.39 is 0 Å². The molecule has 122 valence electrons. The minimum atomic E-state index is -0.222. The maximum Gasteiger partial charge on any atom is 0.315 e. The monoisotopic (exact) mass is 317 g/mol. The fourth-order valence-electron chi connectivity index (χ4n) is 2.76. The number of anilines is 1. The second kappa shape index (κ2) is 7.17. The fraction of sp³-hybridized carbons (Fsp3) is 0.353. The first-order valence-corrected chi connectivity index (χ1v) is 7.74. The highest BCUT2D eigenvalue weighted by atomic mass is 19.1. The standard InChI is InChI=1S/C17H20FN3O2/c18-15-1-3-16(4-2-15)21-7-5-13(11-21)9-19-17(22)20-10-14-6-8-23-12-14/h1-4,6,8,12-13H,5,7,9-11H2,(H2,19,20,22)/t13-/m0/s1. The van der Waals surface area contributed by atoms with Gasteiger partial charge in [0.1, 0.15) is 5.82 Å². The summed E-state index contributed by atoms with van der Waals surface area (Å²) in [4.78, 5) is 14.0. The first-order chi connectivity index (χ1) is 11.2. The predicted octanol–water partition coefficient (Wildman–Crippen LogP) is 2.74. The van der Waals surface area contributed by atoms with Crippen LogP contribution in [0.2, 0.25) is 0 Å². The largest absolute Gasteiger partial charge is 0.472 e. The van der Waals surface area contributed by atoms with E-state index in [1.54, 1.807) is 24.7 Å². The Bertz CT molecular complexity index is 628. The normalized spacial score (nSPS) is 17.3. The van der Waals surface area contributed by atoms with Gasteiger partial charge in [0.2, 0.25) is 0 Å². The zero-order valence-electron chi connectivity index (χ0n) is 12.8. The van der Waals surface area contributed by atoms with Crippen LogP contribution in [-0.4, -0.2) is 25.7 Å². The van der Waals surface area contributed by atoms with Crippen molar-refractivity contribution < 1.29 is 13.6 Å². The summed E-state index contributed by atoms with van der Waals surface area (Å²) >= 11 is 0. The summed E-state index contributed by atoms with van der Waals surface area (Å²) in [6, 6.07) is 8.18. The number of hydrogen-bond acceptors (Lipinski definition) is 3. The highest BCUT2D eigenvalue weighted by molar-refractivity contribution is 5.73. The van der Waals surface area contributed by atoms with Gasteiger partial charge >= 0.3 is 6.03 Å². The van der Waals surface area contributed by atoms with E-state index in [4.69, 9.17) is 4.42 Å². The molecule has 1 atom stereocenters. The number of amides is 2. The maximum atomic E-state index is 13.0. The molecule has 1 aliphatic rings. The summed E-state index contributed by atoms with van der Waals surface area (Å²) in [5.41, 5.74) is 1.96. The van der Waals surface area contributed by atoms with Crippen LogP contribution in [0.4, 0.5) is 14.9 Å². The van der Waals surface area contributed by atoms with Crippen LogP contribution < -0.4 is 15.5 Å². The van der Waals surface area contributed by atoms with Crippen molar-refractivity contribution in [1.82, 2.24) is 10.6 Å². The predicted molar refractivity (Wildman–Crippen MR) is 85.7 cm³/mol. The van der Waals surface area contributed by atoms with Gasteiger partial charge in [-0.15, -0.1) is 0 Å². The summed E-state index contributed by atoms with van der Waals surface area (Å²) in [7, 11) is 0. The highest BCUT2D eigenvalue weighted by Crippen LogP contribution is 2.23. The Kier molecular flexibility index (Phi) is 4.80. The van der Waals surface area contributed by atoms with Crippen molar-refractivity contribution in [2.45, 2.75) is 13.0 Å². The molecule has 2 N–H and O–H groups in total. The van der Waals surface area contributed by atoms with Gasteiger partial charge in [0.05, 0.1) is 12.5 Å². The third kappa shape index (κ3) is 4.25. The van der Waals surface area contributed by atoms with Crippen molar-refractivity contribution in [1.29, 1.82) is 0 Å². The molecule has 1 aliphatic heterocycles. The lowest BCUT2D eigenvalue weighted by atomic mass is 10.1. The maximum absolute atomic E-state index is 13.0. The van der Waals surface area contributed by atoms with E-state index in [0.717, 1.165) is 30.8 Å². The molecule has 0 spiro atoms. The van der Waals surface area contributed by atoms with Crippen molar-refractivity contribution in [3.63, 3.8) is 0 Å². The van der Waals surface area contributed by atoms with E-state index in [2.05, 4.69) is 15.5 Å². The zero-order chi connectivity index (χ0) is 16.1. The molecule has 1 fully saturated rings. The summed E-state index contributed by atoms with van der Waals surface area (Å²) < 4.78 is 17.9. The molecule has 1 saturated heterocycles. The van der Waals surface area contributed by atoms with Gasteiger partial charge in [0, 0.05) is 37.4 Å². The number of nitrogens with zero attached hydrogens (tertiary/aromatic N) is 1. The molecular weight excluding hydrogens is 297 g/mol. The SMILES string of the molecule is O=C(NCc1ccoc1)NC[C@@H]1CCN(c2ccc(F)cc2)C1. The number of carbonyl (C=O) groups is 1. The van der Waals surface area contributed by atoms with Crippen molar-refractivity contribution >= 4 is 11.7 Å². The van der Waals surface area contributed by atoms with Crippen LogP contribution in [0.3, 0.4) is 0 Å². The molecule has 3 rings (SSSR count). The van der Waals surface area contributed by atoms with Crippen molar-refractivity contribution in [3.8, 4) is 0 Å². The summed E-state index contributed by atoms with van der Waals surface area (Å²) in [5, 5.41) is 5.69. The number of nitrogens with one attached hydrogen (secondary N) is 2. The number of halogens is 1. The van der Waals surface area contributed by atoms with E-state index in [0.29, 0.717) is 19.0 Å². The second-order valence-electron chi connectivity index (χ2n) is 5.77. The quantitative estimate of drug-likeness (QED) is 0.891. The zero-order valence-corrected chi connectivity index (χ0v) is 12.8. The van der Waals surface area contributed by atoms with Gasteiger partial charge in [0.25, 0.3) is 0 Å². The fourth-order valence-corrected chi connectivity index (χ4v) is 2.76. The first-order valence-electron chi connectivity index (χ1n) is 7.74. The van der Waals surface area contributed by atoms with Crippen molar-refractivity contribution in [3.05, 3.63) is 54.2 Å². The molecule has 2 aromatic rings. The third-order valence-electron chi connectivity index (χ3n) is 4.06. The molecule has 2 heterocycles. The Morgan fingerprint density at radius 2 is 2.09 bits per heavy atom. The Balaban J connectivity index is 1.39. The van der Waals surface area contributed by atoms with E-state index in [1.807, 2.05) is 6.07 Å². The van der Waals surface area contributed by atoms with Gasteiger partial charge in [0.15, 0.2) is 0 Å². The molecule has 0 bridgehead atoms. The van der Waals surface area contributed by atoms with Crippen LogP contribution in [-0.2, 0) is 6.54 Å². The number of carbonyl (C=O) groups excluding carboxylic acids is 1. The Labute approximate surface area is 134 Å². The van der Waals surface area contributed by atoms with E-state index in [9.17, 15) is 9.18 Å². The van der Waals surface area contributed by atoms with E-state index in [-0.39, 0.29) is 11.8 Å². The lowest BCUT2D eigenvalue weighted by Crippen LogP contribution is -2.38. The van der Waals surface area contributed by atoms with Crippen LogP contribution in [0.15, 0.2) is 47.3 Å². The lowest BCUT2D eigenvalue weighted by Gasteiger charge is -2.18. The Hall–Kier alpha value is -2.50. The van der Waals surface area contributed by atoms with Gasteiger partial charge in [-0.25, -0.2) is 9.18 Å². The van der Waals surface area contributed by atoms with Crippen LogP contribution >= 0.6 is 0 Å². The molecule has 23 heavy (non-hydrogen) atoms. The van der Waals surface area contributed by atoms with Crippen LogP contribution in [0.1, 0.15) is 12.0 Å². The molecule has 0 aliphatic carbocycles. The van der Waals surface area contributed by atoms with Gasteiger partial charge in [-0.1, -0.05) is 0 Å². The summed E-state index contributed by atoms with van der Waals surface area (Å²) in [6.07, 6.45) is 4.20. The molecule has 0 radical (unpaired) electrons. The van der Waals surface area contributed by atoms with Gasteiger partial charge < -0.3 is 20.0 Å². The molecule has 2 amide bonds. The Morgan fingerprint density at radius 3 is 2.83 bits per heavy atom. The molecule has 1 aromatic heterocycles. The topological polar surface area (TPSA) is 57.5 Å². The van der Waals surface area contributed by atoms with Gasteiger partial charge in [-0.3, -0.25) is 0 Å². The average molecular weight is 317 g/mol. The number of hydrogen-bond donors (Lipinski definition) is 2. The second-order valence-corrected chi connectivity index (χ2v) is 5.77. The van der Waals surface area contributed by atoms with E-state index in [1.165, 1.54) is 12.1 Å². The molecule has 5 nitrogen and oxygen atoms in total. The molecular formula is C17H20FN3O2. The average Bonchev–Trinajstić information content (AvgIpc) is 3.23. The number of furan rings is 1. The molecule has 0 saturated carbocycles. The Morgan fingerprint density at radius 1 is 1.26 bits per heavy atom. The van der Waals surface area contributed by atoms with E-state index >= 15 is 0 Å². The number of benzene rings is 1.